The van der Waals surface area contributed by atoms with Gasteiger partial charge in [0.05, 0.1) is 17.8 Å². The first kappa shape index (κ1) is 17.6. The highest BCUT2D eigenvalue weighted by Crippen LogP contribution is 2.23. The quantitative estimate of drug-likeness (QED) is 0.651. The Morgan fingerprint density at radius 3 is 2.48 bits per heavy atom. The molecule has 0 saturated heterocycles. The van der Waals surface area contributed by atoms with Crippen LogP contribution in [0.2, 0.25) is 5.15 Å². The van der Waals surface area contributed by atoms with Gasteiger partial charge in [-0.15, -0.1) is 11.8 Å². The van der Waals surface area contributed by atoms with Gasteiger partial charge in [-0.1, -0.05) is 41.9 Å². The molecule has 0 bridgehead atoms. The molecule has 1 aromatic heterocycles. The molecule has 0 aliphatic heterocycles. The van der Waals surface area contributed by atoms with Crippen molar-refractivity contribution < 1.29 is 4.79 Å². The first-order chi connectivity index (χ1) is 12.1. The fraction of sp³-hybridized carbons (Fsp3) is 0.158. The molecule has 0 radical (unpaired) electrons. The number of nitrogens with zero attached hydrogens (tertiary/aromatic N) is 2. The molecule has 0 saturated carbocycles. The standard InChI is InChI=1S/C19H18ClN3OS/c1-13-17(19(24)21-15-8-10-16(25-2)11-9-15)18(20)23(22-13)12-14-6-4-3-5-7-14/h3-11H,12H2,1-2H3,(H,21,24). The summed E-state index contributed by atoms with van der Waals surface area (Å²) in [4.78, 5) is 13.8. The number of anilines is 1. The van der Waals surface area contributed by atoms with Crippen LogP contribution >= 0.6 is 23.4 Å². The summed E-state index contributed by atoms with van der Waals surface area (Å²) in [7, 11) is 0. The Labute approximate surface area is 156 Å². The summed E-state index contributed by atoms with van der Waals surface area (Å²) in [5, 5.41) is 7.65. The van der Waals surface area contributed by atoms with Crippen molar-refractivity contribution in [2.45, 2.75) is 18.4 Å². The number of hydrogen-bond donors (Lipinski definition) is 1. The maximum atomic E-state index is 12.6. The van der Waals surface area contributed by atoms with Gasteiger partial charge in [0, 0.05) is 10.6 Å². The van der Waals surface area contributed by atoms with Crippen LogP contribution in [0.3, 0.4) is 0 Å². The zero-order valence-electron chi connectivity index (χ0n) is 14.0. The minimum absolute atomic E-state index is 0.251. The van der Waals surface area contributed by atoms with Crippen LogP contribution in [-0.4, -0.2) is 21.9 Å². The minimum Gasteiger partial charge on any atom is -0.322 e. The fourth-order valence-electron chi connectivity index (χ4n) is 2.54. The van der Waals surface area contributed by atoms with Crippen molar-refractivity contribution >= 4 is 35.0 Å². The number of aryl methyl sites for hydroxylation is 1. The summed E-state index contributed by atoms with van der Waals surface area (Å²) >= 11 is 8.08. The van der Waals surface area contributed by atoms with E-state index in [-0.39, 0.29) is 5.91 Å². The van der Waals surface area contributed by atoms with E-state index in [0.717, 1.165) is 16.1 Å². The molecule has 1 amide bonds. The number of rotatable bonds is 5. The van der Waals surface area contributed by atoms with Crippen LogP contribution in [0.4, 0.5) is 5.69 Å². The van der Waals surface area contributed by atoms with E-state index >= 15 is 0 Å². The smallest absolute Gasteiger partial charge is 0.260 e. The topological polar surface area (TPSA) is 46.9 Å². The number of aromatic nitrogens is 2. The van der Waals surface area contributed by atoms with Gasteiger partial charge in [-0.05, 0) is 43.0 Å². The number of nitrogens with one attached hydrogen (secondary N) is 1. The molecular formula is C19H18ClN3OS. The van der Waals surface area contributed by atoms with Crippen LogP contribution in [0.15, 0.2) is 59.5 Å². The van der Waals surface area contributed by atoms with Crippen molar-refractivity contribution in [3.8, 4) is 0 Å². The highest BCUT2D eigenvalue weighted by molar-refractivity contribution is 7.98. The Morgan fingerprint density at radius 1 is 1.16 bits per heavy atom. The molecule has 1 heterocycles. The van der Waals surface area contributed by atoms with Gasteiger partial charge in [0.15, 0.2) is 0 Å². The van der Waals surface area contributed by atoms with E-state index in [1.165, 1.54) is 0 Å². The lowest BCUT2D eigenvalue weighted by Crippen LogP contribution is -2.13. The molecule has 2 aromatic carbocycles. The molecule has 0 unspecified atom stereocenters. The molecule has 0 spiro atoms. The van der Waals surface area contributed by atoms with E-state index in [1.807, 2.05) is 60.9 Å². The Balaban J connectivity index is 1.80. The van der Waals surface area contributed by atoms with Gasteiger partial charge in [0.25, 0.3) is 5.91 Å². The van der Waals surface area contributed by atoms with Crippen LogP contribution < -0.4 is 5.32 Å². The molecule has 128 valence electrons. The van der Waals surface area contributed by atoms with Crippen molar-refractivity contribution in [3.63, 3.8) is 0 Å². The van der Waals surface area contributed by atoms with Crippen LogP contribution in [0.1, 0.15) is 21.6 Å². The van der Waals surface area contributed by atoms with Gasteiger partial charge in [0.1, 0.15) is 5.15 Å². The van der Waals surface area contributed by atoms with Crippen molar-refractivity contribution in [3.05, 3.63) is 76.6 Å². The molecule has 4 nitrogen and oxygen atoms in total. The lowest BCUT2D eigenvalue weighted by Gasteiger charge is -2.06. The fourth-order valence-corrected chi connectivity index (χ4v) is 3.27. The van der Waals surface area contributed by atoms with Gasteiger partial charge in [0.2, 0.25) is 0 Å². The Bertz CT molecular complexity index is 876. The number of carbonyl (C=O) groups is 1. The monoisotopic (exact) mass is 371 g/mol. The number of amides is 1. The molecule has 25 heavy (non-hydrogen) atoms. The normalized spacial score (nSPS) is 10.7. The lowest BCUT2D eigenvalue weighted by atomic mass is 10.2. The second-order valence-electron chi connectivity index (χ2n) is 5.58. The summed E-state index contributed by atoms with van der Waals surface area (Å²) in [5.74, 6) is -0.251. The molecule has 3 rings (SSSR count). The first-order valence-corrected chi connectivity index (χ1v) is 9.41. The summed E-state index contributed by atoms with van der Waals surface area (Å²) in [6.45, 7) is 2.31. The zero-order valence-corrected chi connectivity index (χ0v) is 15.6. The van der Waals surface area contributed by atoms with E-state index in [9.17, 15) is 4.79 Å². The third-order valence-electron chi connectivity index (χ3n) is 3.82. The molecule has 0 atom stereocenters. The Hall–Kier alpha value is -2.24. The third-order valence-corrected chi connectivity index (χ3v) is 4.94. The van der Waals surface area contributed by atoms with E-state index in [1.54, 1.807) is 23.4 Å². The highest BCUT2D eigenvalue weighted by atomic mass is 35.5. The summed E-state index contributed by atoms with van der Waals surface area (Å²) in [5.41, 5.74) is 2.83. The number of benzene rings is 2. The van der Waals surface area contributed by atoms with Gasteiger partial charge in [-0.25, -0.2) is 4.68 Å². The highest BCUT2D eigenvalue weighted by Gasteiger charge is 2.20. The van der Waals surface area contributed by atoms with Crippen molar-refractivity contribution in [2.24, 2.45) is 0 Å². The van der Waals surface area contributed by atoms with Gasteiger partial charge in [-0.3, -0.25) is 4.79 Å². The second-order valence-corrected chi connectivity index (χ2v) is 6.81. The molecule has 0 aliphatic carbocycles. The predicted octanol–water partition coefficient (Wildman–Crippen LogP) is 4.87. The predicted molar refractivity (Wildman–Crippen MR) is 104 cm³/mol. The number of carbonyl (C=O) groups excluding carboxylic acids is 1. The summed E-state index contributed by atoms with van der Waals surface area (Å²) < 4.78 is 1.65. The molecule has 1 N–H and O–H groups in total. The average molecular weight is 372 g/mol. The van der Waals surface area contributed by atoms with E-state index in [4.69, 9.17) is 11.6 Å². The minimum atomic E-state index is -0.251. The van der Waals surface area contributed by atoms with Crippen LogP contribution in [-0.2, 0) is 6.54 Å². The molecular weight excluding hydrogens is 354 g/mol. The zero-order chi connectivity index (χ0) is 17.8. The van der Waals surface area contributed by atoms with Crippen LogP contribution in [0.5, 0.6) is 0 Å². The average Bonchev–Trinajstić information content (AvgIpc) is 2.90. The first-order valence-electron chi connectivity index (χ1n) is 7.80. The van der Waals surface area contributed by atoms with Crippen LogP contribution in [0.25, 0.3) is 0 Å². The second kappa shape index (κ2) is 7.76. The molecule has 3 aromatic rings. The molecule has 0 aliphatic rings. The van der Waals surface area contributed by atoms with Crippen molar-refractivity contribution in [1.82, 2.24) is 9.78 Å². The van der Waals surface area contributed by atoms with E-state index < -0.39 is 0 Å². The Morgan fingerprint density at radius 2 is 1.84 bits per heavy atom. The summed E-state index contributed by atoms with van der Waals surface area (Å²) in [6.07, 6.45) is 2.01. The van der Waals surface area contributed by atoms with E-state index in [2.05, 4.69) is 10.4 Å². The van der Waals surface area contributed by atoms with Gasteiger partial charge in [-0.2, -0.15) is 5.10 Å². The lowest BCUT2D eigenvalue weighted by molar-refractivity contribution is 0.102. The Kier molecular flexibility index (Phi) is 5.46. The molecule has 0 fully saturated rings. The number of halogens is 1. The van der Waals surface area contributed by atoms with Crippen LogP contribution in [0, 0.1) is 6.92 Å². The van der Waals surface area contributed by atoms with Crippen molar-refractivity contribution in [1.29, 1.82) is 0 Å². The summed E-state index contributed by atoms with van der Waals surface area (Å²) in [6, 6.07) is 17.6. The SMILES string of the molecule is CSc1ccc(NC(=O)c2c(C)nn(Cc3ccccc3)c2Cl)cc1. The maximum Gasteiger partial charge on any atom is 0.260 e. The maximum absolute atomic E-state index is 12.6. The number of thioether (sulfide) groups is 1. The largest absolute Gasteiger partial charge is 0.322 e. The van der Waals surface area contributed by atoms with E-state index in [0.29, 0.717) is 23.0 Å². The van der Waals surface area contributed by atoms with Crippen molar-refractivity contribution in [2.75, 3.05) is 11.6 Å². The third kappa shape index (κ3) is 4.06. The van der Waals surface area contributed by atoms with Gasteiger partial charge < -0.3 is 5.32 Å². The molecule has 6 heteroatoms. The number of hydrogen-bond acceptors (Lipinski definition) is 3. The van der Waals surface area contributed by atoms with Gasteiger partial charge >= 0.3 is 0 Å².